The van der Waals surface area contributed by atoms with E-state index in [1.54, 1.807) is 6.92 Å². The Morgan fingerprint density at radius 3 is 2.55 bits per heavy atom. The molecular formula is C16H21N3O2S. The van der Waals surface area contributed by atoms with E-state index < -0.39 is 0 Å². The van der Waals surface area contributed by atoms with Crippen molar-refractivity contribution in [1.82, 2.24) is 10.2 Å². The van der Waals surface area contributed by atoms with Crippen LogP contribution in [0.25, 0.3) is 0 Å². The Kier molecular flexibility index (Phi) is 5.03. The molecule has 1 unspecified atom stereocenters. The molecule has 0 saturated heterocycles. The van der Waals surface area contributed by atoms with Crippen LogP contribution in [0.3, 0.4) is 0 Å². The largest absolute Gasteiger partial charge is 0.463 e. The number of carbonyl (C=O) groups excluding carboxylic acids is 1. The number of rotatable bonds is 4. The summed E-state index contributed by atoms with van der Waals surface area (Å²) in [4.78, 5) is 14.3. The van der Waals surface area contributed by atoms with Crippen molar-refractivity contribution in [2.24, 2.45) is 0 Å². The smallest absolute Gasteiger partial charge is 0.338 e. The molecule has 3 N–H and O–H groups in total. The van der Waals surface area contributed by atoms with Crippen molar-refractivity contribution >= 4 is 29.0 Å². The van der Waals surface area contributed by atoms with Gasteiger partial charge < -0.3 is 20.7 Å². The van der Waals surface area contributed by atoms with Crippen LogP contribution in [0.1, 0.15) is 32.4 Å². The van der Waals surface area contributed by atoms with E-state index in [0.29, 0.717) is 29.5 Å². The van der Waals surface area contributed by atoms with Crippen LogP contribution < -0.4 is 11.1 Å². The van der Waals surface area contributed by atoms with Gasteiger partial charge in [0.15, 0.2) is 5.11 Å². The number of nitrogens with one attached hydrogen (secondary N) is 1. The molecule has 1 aromatic carbocycles. The fraction of sp³-hybridized carbons (Fsp3) is 0.375. The molecule has 0 bridgehead atoms. The number of anilines is 1. The van der Waals surface area contributed by atoms with Crippen LogP contribution in [0.15, 0.2) is 35.5 Å². The summed E-state index contributed by atoms with van der Waals surface area (Å²) in [6.07, 6.45) is 0. The normalized spacial score (nSPS) is 18.2. The average Bonchev–Trinajstić information content (AvgIpc) is 2.48. The first kappa shape index (κ1) is 16.3. The molecule has 0 aliphatic carbocycles. The fourth-order valence-corrected chi connectivity index (χ4v) is 2.96. The van der Waals surface area contributed by atoms with Crippen molar-refractivity contribution in [1.29, 1.82) is 0 Å². The predicted molar refractivity (Wildman–Crippen MR) is 91.0 cm³/mol. The molecule has 1 heterocycles. The van der Waals surface area contributed by atoms with Crippen LogP contribution in [0.2, 0.25) is 0 Å². The van der Waals surface area contributed by atoms with Crippen LogP contribution in [0.4, 0.5) is 5.69 Å². The van der Waals surface area contributed by atoms with E-state index in [2.05, 4.69) is 5.32 Å². The van der Waals surface area contributed by atoms with E-state index in [1.165, 1.54) is 0 Å². The molecule has 2 rings (SSSR count). The Labute approximate surface area is 136 Å². The molecule has 1 aliphatic rings. The maximum absolute atomic E-state index is 12.4. The SMILES string of the molecule is CCOC(=O)C1=C(C)N(CC)C(=S)NC1c1ccc(N)cc1. The first-order chi connectivity index (χ1) is 10.5. The molecule has 118 valence electrons. The number of thiocarbonyl (C=S) groups is 1. The number of ether oxygens (including phenoxy) is 1. The van der Waals surface area contributed by atoms with E-state index in [9.17, 15) is 4.79 Å². The second-order valence-corrected chi connectivity index (χ2v) is 5.40. The van der Waals surface area contributed by atoms with Crippen molar-refractivity contribution in [3.05, 3.63) is 41.1 Å². The minimum absolute atomic E-state index is 0.324. The molecule has 1 atom stereocenters. The van der Waals surface area contributed by atoms with Crippen LogP contribution in [0.5, 0.6) is 0 Å². The van der Waals surface area contributed by atoms with Gasteiger partial charge in [-0.15, -0.1) is 0 Å². The Bertz CT molecular complexity index is 610. The highest BCUT2D eigenvalue weighted by molar-refractivity contribution is 7.80. The van der Waals surface area contributed by atoms with Gasteiger partial charge >= 0.3 is 5.97 Å². The molecule has 0 amide bonds. The van der Waals surface area contributed by atoms with Gasteiger partial charge in [0, 0.05) is 17.9 Å². The van der Waals surface area contributed by atoms with Crippen LogP contribution in [-0.2, 0) is 9.53 Å². The number of carbonyl (C=O) groups is 1. The van der Waals surface area contributed by atoms with Gasteiger partial charge in [-0.2, -0.15) is 0 Å². The van der Waals surface area contributed by atoms with E-state index >= 15 is 0 Å². The van der Waals surface area contributed by atoms with Gasteiger partial charge in [-0.1, -0.05) is 12.1 Å². The number of allylic oxidation sites excluding steroid dienone is 1. The Balaban J connectivity index is 2.50. The summed E-state index contributed by atoms with van der Waals surface area (Å²) in [5.41, 5.74) is 8.75. The summed E-state index contributed by atoms with van der Waals surface area (Å²) in [5, 5.41) is 3.84. The third-order valence-electron chi connectivity index (χ3n) is 3.68. The summed E-state index contributed by atoms with van der Waals surface area (Å²) in [6, 6.07) is 7.08. The number of nitrogens with zero attached hydrogens (tertiary/aromatic N) is 1. The molecular weight excluding hydrogens is 298 g/mol. The van der Waals surface area contributed by atoms with E-state index in [4.69, 9.17) is 22.7 Å². The van der Waals surface area contributed by atoms with E-state index in [-0.39, 0.29) is 12.0 Å². The molecule has 1 aromatic rings. The van der Waals surface area contributed by atoms with Gasteiger partial charge in [-0.25, -0.2) is 4.79 Å². The Hall–Kier alpha value is -2.08. The first-order valence-corrected chi connectivity index (χ1v) is 7.71. The molecule has 6 heteroatoms. The van der Waals surface area contributed by atoms with Crippen molar-refractivity contribution < 1.29 is 9.53 Å². The Morgan fingerprint density at radius 1 is 1.36 bits per heavy atom. The number of benzene rings is 1. The molecule has 0 fully saturated rings. The van der Waals surface area contributed by atoms with Crippen molar-refractivity contribution in [2.45, 2.75) is 26.8 Å². The third kappa shape index (κ3) is 3.06. The monoisotopic (exact) mass is 319 g/mol. The van der Waals surface area contributed by atoms with Crippen LogP contribution in [-0.4, -0.2) is 29.1 Å². The molecule has 0 aromatic heterocycles. The van der Waals surface area contributed by atoms with Crippen LogP contribution in [0, 0.1) is 0 Å². The predicted octanol–water partition coefficient (Wildman–Crippen LogP) is 2.36. The van der Waals surface area contributed by atoms with Crippen LogP contribution >= 0.6 is 12.2 Å². The van der Waals surface area contributed by atoms with E-state index in [0.717, 1.165) is 11.3 Å². The summed E-state index contributed by atoms with van der Waals surface area (Å²) < 4.78 is 5.22. The summed E-state index contributed by atoms with van der Waals surface area (Å²) in [7, 11) is 0. The molecule has 0 spiro atoms. The quantitative estimate of drug-likeness (QED) is 0.504. The molecule has 5 nitrogen and oxygen atoms in total. The average molecular weight is 319 g/mol. The lowest BCUT2D eigenvalue weighted by atomic mass is 9.95. The van der Waals surface area contributed by atoms with Gasteiger partial charge in [0.05, 0.1) is 18.2 Å². The number of hydrogen-bond donors (Lipinski definition) is 2. The summed E-state index contributed by atoms with van der Waals surface area (Å²) >= 11 is 5.41. The third-order valence-corrected chi connectivity index (χ3v) is 4.02. The lowest BCUT2D eigenvalue weighted by Crippen LogP contribution is -2.47. The van der Waals surface area contributed by atoms with Gasteiger partial charge in [0.2, 0.25) is 0 Å². The van der Waals surface area contributed by atoms with Crippen molar-refractivity contribution in [3.63, 3.8) is 0 Å². The van der Waals surface area contributed by atoms with Gasteiger partial charge in [0.25, 0.3) is 0 Å². The standard InChI is InChI=1S/C16H21N3O2S/c1-4-19-10(3)13(15(20)21-5-2)14(18-16(19)22)11-6-8-12(17)9-7-11/h6-9,14H,4-5,17H2,1-3H3,(H,18,22). The van der Waals surface area contributed by atoms with Gasteiger partial charge in [-0.05, 0) is 50.7 Å². The summed E-state index contributed by atoms with van der Waals surface area (Å²) in [6.45, 7) is 6.71. The Morgan fingerprint density at radius 2 is 2.00 bits per heavy atom. The second-order valence-electron chi connectivity index (χ2n) is 5.01. The highest BCUT2D eigenvalue weighted by Crippen LogP contribution is 2.31. The minimum atomic E-state index is -0.324. The lowest BCUT2D eigenvalue weighted by molar-refractivity contribution is -0.139. The van der Waals surface area contributed by atoms with Gasteiger partial charge in [-0.3, -0.25) is 0 Å². The van der Waals surface area contributed by atoms with Crippen molar-refractivity contribution in [2.75, 3.05) is 18.9 Å². The van der Waals surface area contributed by atoms with E-state index in [1.807, 2.05) is 43.0 Å². The molecule has 0 saturated carbocycles. The highest BCUT2D eigenvalue weighted by Gasteiger charge is 2.34. The molecule has 22 heavy (non-hydrogen) atoms. The van der Waals surface area contributed by atoms with Crippen molar-refractivity contribution in [3.8, 4) is 0 Å². The highest BCUT2D eigenvalue weighted by atomic mass is 32.1. The number of esters is 1. The molecule has 1 aliphatic heterocycles. The maximum atomic E-state index is 12.4. The lowest BCUT2D eigenvalue weighted by Gasteiger charge is -2.37. The first-order valence-electron chi connectivity index (χ1n) is 7.30. The topological polar surface area (TPSA) is 67.6 Å². The number of nitrogen functional groups attached to an aromatic ring is 1. The minimum Gasteiger partial charge on any atom is -0.463 e. The fourth-order valence-electron chi connectivity index (χ4n) is 2.57. The zero-order chi connectivity index (χ0) is 16.3. The van der Waals surface area contributed by atoms with Gasteiger partial charge in [0.1, 0.15) is 0 Å². The second kappa shape index (κ2) is 6.79. The molecule has 0 radical (unpaired) electrons. The maximum Gasteiger partial charge on any atom is 0.338 e. The summed E-state index contributed by atoms with van der Waals surface area (Å²) in [5.74, 6) is -0.324. The zero-order valence-corrected chi connectivity index (χ0v) is 13.9. The number of hydrogen-bond acceptors (Lipinski definition) is 4. The number of nitrogens with two attached hydrogens (primary N) is 1. The zero-order valence-electron chi connectivity index (χ0n) is 13.1.